The number of nitrogens with zero attached hydrogens (tertiary/aromatic N) is 1. The Morgan fingerprint density at radius 1 is 1.00 bits per heavy atom. The molecule has 6 nitrogen and oxygen atoms in total. The molecule has 29 heavy (non-hydrogen) atoms. The zero-order chi connectivity index (χ0) is 20.1. The second-order valence-electron chi connectivity index (χ2n) is 6.43. The number of amides is 1. The third-order valence-corrected chi connectivity index (χ3v) is 4.40. The van der Waals surface area contributed by atoms with Crippen LogP contribution in [-0.2, 0) is 11.3 Å². The maximum absolute atomic E-state index is 12.0. The van der Waals surface area contributed by atoms with E-state index in [4.69, 9.17) is 13.9 Å². The van der Waals surface area contributed by atoms with Gasteiger partial charge in [0.2, 0.25) is 5.89 Å². The van der Waals surface area contributed by atoms with Gasteiger partial charge in [0.25, 0.3) is 5.91 Å². The molecule has 0 fully saturated rings. The van der Waals surface area contributed by atoms with Crippen LogP contribution in [0.1, 0.15) is 5.56 Å². The number of benzene rings is 3. The van der Waals surface area contributed by atoms with Gasteiger partial charge in [0.05, 0.1) is 7.11 Å². The lowest BCUT2D eigenvalue weighted by Gasteiger charge is -2.07. The Morgan fingerprint density at radius 3 is 2.55 bits per heavy atom. The highest BCUT2D eigenvalue weighted by Gasteiger charge is 2.09. The Labute approximate surface area is 168 Å². The van der Waals surface area contributed by atoms with Crippen LogP contribution < -0.4 is 14.8 Å². The number of carbonyl (C=O) groups excluding carboxylic acids is 1. The molecule has 0 aliphatic carbocycles. The molecular weight excluding hydrogens is 368 g/mol. The molecular formula is C23H20N2O4. The Balaban J connectivity index is 1.35. The summed E-state index contributed by atoms with van der Waals surface area (Å²) in [5.41, 5.74) is 3.28. The van der Waals surface area contributed by atoms with Gasteiger partial charge >= 0.3 is 0 Å². The van der Waals surface area contributed by atoms with E-state index >= 15 is 0 Å². The van der Waals surface area contributed by atoms with E-state index in [1.807, 2.05) is 72.8 Å². The van der Waals surface area contributed by atoms with E-state index in [1.165, 1.54) is 0 Å². The number of ether oxygens (including phenoxy) is 2. The fraction of sp³-hybridized carbons (Fsp3) is 0.130. The standard InChI is InChI=1S/C23H20N2O4/c1-27-19-11-12-21-20(13-19)25-23(29-21)17-9-7-16(8-10-17)14-24-22(26)15-28-18-5-3-2-4-6-18/h2-13H,14-15H2,1H3,(H,24,26). The summed E-state index contributed by atoms with van der Waals surface area (Å²) >= 11 is 0. The average molecular weight is 388 g/mol. The highest BCUT2D eigenvalue weighted by molar-refractivity contribution is 5.78. The molecule has 146 valence electrons. The predicted octanol–water partition coefficient (Wildman–Crippen LogP) is 4.20. The summed E-state index contributed by atoms with van der Waals surface area (Å²) in [6, 6.07) is 22.5. The normalized spacial score (nSPS) is 10.7. The van der Waals surface area contributed by atoms with E-state index in [9.17, 15) is 4.79 Å². The smallest absolute Gasteiger partial charge is 0.258 e. The summed E-state index contributed by atoms with van der Waals surface area (Å²) in [5.74, 6) is 1.77. The molecule has 1 amide bonds. The monoisotopic (exact) mass is 388 g/mol. The van der Waals surface area contributed by atoms with E-state index in [0.717, 1.165) is 22.4 Å². The Morgan fingerprint density at radius 2 is 1.79 bits per heavy atom. The average Bonchev–Trinajstić information content (AvgIpc) is 3.20. The lowest BCUT2D eigenvalue weighted by Crippen LogP contribution is -2.28. The van der Waals surface area contributed by atoms with Crippen LogP contribution in [0.15, 0.2) is 77.2 Å². The zero-order valence-electron chi connectivity index (χ0n) is 15.9. The van der Waals surface area contributed by atoms with Crippen LogP contribution in [0.4, 0.5) is 0 Å². The van der Waals surface area contributed by atoms with Crippen LogP contribution >= 0.6 is 0 Å². The molecule has 0 atom stereocenters. The van der Waals surface area contributed by atoms with E-state index in [-0.39, 0.29) is 12.5 Å². The van der Waals surface area contributed by atoms with Crippen molar-refractivity contribution in [1.82, 2.24) is 10.3 Å². The molecule has 1 heterocycles. The minimum absolute atomic E-state index is 0.0194. The van der Waals surface area contributed by atoms with Crippen LogP contribution in [-0.4, -0.2) is 24.6 Å². The van der Waals surface area contributed by atoms with Crippen molar-refractivity contribution >= 4 is 17.0 Å². The van der Waals surface area contributed by atoms with Crippen molar-refractivity contribution in [2.24, 2.45) is 0 Å². The number of fused-ring (bicyclic) bond motifs is 1. The van der Waals surface area contributed by atoms with Gasteiger partial charge in [-0.2, -0.15) is 0 Å². The molecule has 3 aromatic carbocycles. The molecule has 0 saturated carbocycles. The van der Waals surface area contributed by atoms with Crippen LogP contribution in [0, 0.1) is 0 Å². The van der Waals surface area contributed by atoms with Gasteiger partial charge < -0.3 is 19.2 Å². The van der Waals surface area contributed by atoms with Gasteiger partial charge in [-0.05, 0) is 42.0 Å². The maximum Gasteiger partial charge on any atom is 0.258 e. The lowest BCUT2D eigenvalue weighted by atomic mass is 10.1. The van der Waals surface area contributed by atoms with Crippen LogP contribution in [0.5, 0.6) is 11.5 Å². The number of aromatic nitrogens is 1. The van der Waals surface area contributed by atoms with E-state index in [2.05, 4.69) is 10.3 Å². The molecule has 0 aliphatic rings. The van der Waals surface area contributed by atoms with E-state index in [1.54, 1.807) is 7.11 Å². The number of carbonyl (C=O) groups is 1. The summed E-state index contributed by atoms with van der Waals surface area (Å²) in [4.78, 5) is 16.5. The van der Waals surface area contributed by atoms with Crippen molar-refractivity contribution in [3.8, 4) is 23.0 Å². The van der Waals surface area contributed by atoms with Gasteiger partial charge in [0.1, 0.15) is 17.0 Å². The van der Waals surface area contributed by atoms with Crippen molar-refractivity contribution in [3.63, 3.8) is 0 Å². The molecule has 4 rings (SSSR count). The number of hydrogen-bond donors (Lipinski definition) is 1. The predicted molar refractivity (Wildman–Crippen MR) is 110 cm³/mol. The second kappa shape index (κ2) is 8.48. The molecule has 4 aromatic rings. The quantitative estimate of drug-likeness (QED) is 0.514. The number of hydrogen-bond acceptors (Lipinski definition) is 5. The fourth-order valence-electron chi connectivity index (χ4n) is 2.84. The molecule has 0 spiro atoms. The largest absolute Gasteiger partial charge is 0.497 e. The zero-order valence-corrected chi connectivity index (χ0v) is 15.9. The molecule has 0 bridgehead atoms. The fourth-order valence-corrected chi connectivity index (χ4v) is 2.84. The molecule has 1 aromatic heterocycles. The van der Waals surface area contributed by atoms with Crippen molar-refractivity contribution in [2.75, 3.05) is 13.7 Å². The number of rotatable bonds is 7. The molecule has 0 radical (unpaired) electrons. The molecule has 1 N–H and O–H groups in total. The summed E-state index contributed by atoms with van der Waals surface area (Å²) in [5, 5.41) is 2.85. The molecule has 0 aliphatic heterocycles. The van der Waals surface area contributed by atoms with Crippen LogP contribution in [0.2, 0.25) is 0 Å². The third kappa shape index (κ3) is 4.55. The first-order valence-electron chi connectivity index (χ1n) is 9.20. The lowest BCUT2D eigenvalue weighted by molar-refractivity contribution is -0.123. The first-order valence-corrected chi connectivity index (χ1v) is 9.20. The Kier molecular flexibility index (Phi) is 5.42. The number of nitrogens with one attached hydrogen (secondary N) is 1. The number of oxazole rings is 1. The highest BCUT2D eigenvalue weighted by Crippen LogP contribution is 2.27. The van der Waals surface area contributed by atoms with Gasteiger partial charge in [-0.25, -0.2) is 4.98 Å². The van der Waals surface area contributed by atoms with Crippen molar-refractivity contribution in [2.45, 2.75) is 6.54 Å². The van der Waals surface area contributed by atoms with Gasteiger partial charge in [0.15, 0.2) is 12.2 Å². The Hall–Kier alpha value is -3.80. The van der Waals surface area contributed by atoms with Gasteiger partial charge in [-0.1, -0.05) is 30.3 Å². The van der Waals surface area contributed by atoms with Crippen molar-refractivity contribution < 1.29 is 18.7 Å². The van der Waals surface area contributed by atoms with Crippen LogP contribution in [0.3, 0.4) is 0 Å². The SMILES string of the molecule is COc1ccc2oc(-c3ccc(CNC(=O)COc4ccccc4)cc3)nc2c1. The van der Waals surface area contributed by atoms with E-state index in [0.29, 0.717) is 23.8 Å². The van der Waals surface area contributed by atoms with Gasteiger partial charge in [-0.3, -0.25) is 4.79 Å². The van der Waals surface area contributed by atoms with Crippen molar-refractivity contribution in [1.29, 1.82) is 0 Å². The summed E-state index contributed by atoms with van der Waals surface area (Å²) in [6.45, 7) is 0.399. The minimum Gasteiger partial charge on any atom is -0.497 e. The highest BCUT2D eigenvalue weighted by atomic mass is 16.5. The topological polar surface area (TPSA) is 73.6 Å². The summed E-state index contributed by atoms with van der Waals surface area (Å²) < 4.78 is 16.5. The first kappa shape index (κ1) is 18.6. The maximum atomic E-state index is 12.0. The number of para-hydroxylation sites is 1. The van der Waals surface area contributed by atoms with Gasteiger partial charge in [0, 0.05) is 18.2 Å². The van der Waals surface area contributed by atoms with Crippen LogP contribution in [0.25, 0.3) is 22.6 Å². The third-order valence-electron chi connectivity index (χ3n) is 4.40. The first-order chi connectivity index (χ1) is 14.2. The Bertz CT molecular complexity index is 1100. The molecule has 0 unspecified atom stereocenters. The van der Waals surface area contributed by atoms with Crippen molar-refractivity contribution in [3.05, 3.63) is 78.4 Å². The number of methoxy groups -OCH3 is 1. The minimum atomic E-state index is -0.175. The molecule has 6 heteroatoms. The summed E-state index contributed by atoms with van der Waals surface area (Å²) in [7, 11) is 1.62. The van der Waals surface area contributed by atoms with Gasteiger partial charge in [-0.15, -0.1) is 0 Å². The second-order valence-corrected chi connectivity index (χ2v) is 6.43. The molecule has 0 saturated heterocycles. The summed E-state index contributed by atoms with van der Waals surface area (Å²) in [6.07, 6.45) is 0. The van der Waals surface area contributed by atoms with E-state index < -0.39 is 0 Å².